The Morgan fingerprint density at radius 3 is 2.10 bits per heavy atom. The average molecular weight is 453 g/mol. The second kappa shape index (κ2) is 7.66. The van der Waals surface area contributed by atoms with Gasteiger partial charge in [-0.15, -0.1) is 0 Å². The van der Waals surface area contributed by atoms with Crippen molar-refractivity contribution < 1.29 is 0 Å². The fraction of sp³-hybridized carbons (Fsp3) is 0.0400. The van der Waals surface area contributed by atoms with Crippen molar-refractivity contribution in [3.63, 3.8) is 0 Å². The molecule has 1 unspecified atom stereocenters. The van der Waals surface area contributed by atoms with Gasteiger partial charge in [0, 0.05) is 10.0 Å². The summed E-state index contributed by atoms with van der Waals surface area (Å²) < 4.78 is 1.00. The van der Waals surface area contributed by atoms with E-state index in [1.807, 2.05) is 60.7 Å². The van der Waals surface area contributed by atoms with Gasteiger partial charge in [-0.1, -0.05) is 88.7 Å². The highest BCUT2D eigenvalue weighted by atomic mass is 79.9. The minimum atomic E-state index is -0.233. The highest BCUT2D eigenvalue weighted by Crippen LogP contribution is 2.47. The zero-order valence-electron chi connectivity index (χ0n) is 15.9. The first-order valence-electron chi connectivity index (χ1n) is 9.62. The quantitative estimate of drug-likeness (QED) is 0.381. The van der Waals surface area contributed by atoms with Crippen molar-refractivity contribution in [3.05, 3.63) is 112 Å². The van der Waals surface area contributed by atoms with E-state index in [0.717, 1.165) is 43.9 Å². The number of hydrogen-bond acceptors (Lipinski definition) is 3. The lowest BCUT2D eigenvalue weighted by molar-refractivity contribution is 0.972. The molecule has 0 aliphatic carbocycles. The molecule has 0 fully saturated rings. The number of halogens is 1. The largest absolute Gasteiger partial charge is 0.337 e. The Bertz CT molecular complexity index is 1270. The molecule has 5 heteroatoms. The maximum Gasteiger partial charge on any atom is 0.157 e. The predicted molar refractivity (Wildman–Crippen MR) is 123 cm³/mol. The maximum atomic E-state index is 10.2. The lowest BCUT2D eigenvalue weighted by Crippen LogP contribution is -2.17. The smallest absolute Gasteiger partial charge is 0.157 e. The Morgan fingerprint density at radius 1 is 0.833 bits per heavy atom. The van der Waals surface area contributed by atoms with Crippen LogP contribution in [0, 0.1) is 11.3 Å². The van der Waals surface area contributed by atoms with E-state index in [0.29, 0.717) is 5.57 Å². The summed E-state index contributed by atoms with van der Waals surface area (Å²) in [5, 5.41) is 21.5. The van der Waals surface area contributed by atoms with Gasteiger partial charge < -0.3 is 5.32 Å². The van der Waals surface area contributed by atoms with Crippen LogP contribution in [0.2, 0.25) is 0 Å². The number of fused-ring (bicyclic) bond motifs is 1. The van der Waals surface area contributed by atoms with E-state index >= 15 is 0 Å². The van der Waals surface area contributed by atoms with Crippen molar-refractivity contribution in [3.8, 4) is 17.3 Å². The molecule has 1 atom stereocenters. The Hall–Kier alpha value is -3.62. The summed E-state index contributed by atoms with van der Waals surface area (Å²) in [6.07, 6.45) is 0. The summed E-state index contributed by atoms with van der Waals surface area (Å²) in [4.78, 5) is 0. The topological polar surface area (TPSA) is 64.5 Å². The van der Waals surface area contributed by atoms with Gasteiger partial charge in [-0.3, -0.25) is 5.10 Å². The zero-order chi connectivity index (χ0) is 20.5. The van der Waals surface area contributed by atoms with Crippen LogP contribution in [-0.4, -0.2) is 10.2 Å². The van der Waals surface area contributed by atoms with Gasteiger partial charge in [-0.2, -0.15) is 10.4 Å². The molecule has 1 aliphatic rings. The van der Waals surface area contributed by atoms with E-state index < -0.39 is 0 Å². The number of anilines is 1. The zero-order valence-corrected chi connectivity index (χ0v) is 17.5. The summed E-state index contributed by atoms with van der Waals surface area (Å²) in [7, 11) is 0. The monoisotopic (exact) mass is 452 g/mol. The van der Waals surface area contributed by atoms with E-state index in [4.69, 9.17) is 0 Å². The molecule has 0 bridgehead atoms. The third kappa shape index (κ3) is 3.12. The van der Waals surface area contributed by atoms with Gasteiger partial charge in [0.15, 0.2) is 5.82 Å². The van der Waals surface area contributed by atoms with Gasteiger partial charge in [-0.05, 0) is 28.8 Å². The SMILES string of the molecule is N#CC1=C(c2ccccc2)Nc2n[nH]c(-c3ccccc3)c2C1c1ccc(Br)cc1. The normalized spacial score (nSPS) is 15.3. The number of aromatic amines is 1. The number of nitriles is 1. The van der Waals surface area contributed by atoms with Gasteiger partial charge in [-0.25, -0.2) is 0 Å². The second-order valence-electron chi connectivity index (χ2n) is 7.10. The van der Waals surface area contributed by atoms with Crippen LogP contribution in [0.4, 0.5) is 5.82 Å². The number of aromatic nitrogens is 2. The highest BCUT2D eigenvalue weighted by Gasteiger charge is 2.34. The molecule has 1 aromatic heterocycles. The van der Waals surface area contributed by atoms with Crippen LogP contribution >= 0.6 is 15.9 Å². The van der Waals surface area contributed by atoms with E-state index in [9.17, 15) is 5.26 Å². The number of H-pyrrole nitrogens is 1. The maximum absolute atomic E-state index is 10.2. The summed E-state index contributed by atoms with van der Waals surface area (Å²) in [5.41, 5.74) is 6.43. The molecule has 0 saturated carbocycles. The minimum Gasteiger partial charge on any atom is -0.337 e. The van der Waals surface area contributed by atoms with Crippen LogP contribution in [0.15, 0.2) is 95.0 Å². The van der Waals surface area contributed by atoms with Crippen molar-refractivity contribution in [1.82, 2.24) is 10.2 Å². The summed E-state index contributed by atoms with van der Waals surface area (Å²) in [5.74, 6) is 0.517. The molecule has 2 heterocycles. The van der Waals surface area contributed by atoms with Gasteiger partial charge in [0.25, 0.3) is 0 Å². The van der Waals surface area contributed by atoms with Crippen LogP contribution in [0.1, 0.15) is 22.6 Å². The van der Waals surface area contributed by atoms with Gasteiger partial charge >= 0.3 is 0 Å². The summed E-state index contributed by atoms with van der Waals surface area (Å²) in [6, 6.07) is 30.7. The lowest BCUT2D eigenvalue weighted by atomic mass is 9.80. The van der Waals surface area contributed by atoms with Crippen molar-refractivity contribution in [2.75, 3.05) is 5.32 Å². The van der Waals surface area contributed by atoms with E-state index in [1.165, 1.54) is 0 Å². The fourth-order valence-electron chi connectivity index (χ4n) is 3.97. The van der Waals surface area contributed by atoms with Crippen molar-refractivity contribution in [1.29, 1.82) is 5.26 Å². The van der Waals surface area contributed by atoms with Crippen molar-refractivity contribution in [2.45, 2.75) is 5.92 Å². The first-order valence-corrected chi connectivity index (χ1v) is 10.4. The molecule has 2 N–H and O–H groups in total. The molecule has 0 saturated heterocycles. The predicted octanol–water partition coefficient (Wildman–Crippen LogP) is 6.33. The van der Waals surface area contributed by atoms with Crippen LogP contribution in [-0.2, 0) is 0 Å². The molecular weight excluding hydrogens is 436 g/mol. The van der Waals surface area contributed by atoms with E-state index in [1.54, 1.807) is 0 Å². The summed E-state index contributed by atoms with van der Waals surface area (Å²) in [6.45, 7) is 0. The number of allylic oxidation sites excluding steroid dienone is 1. The Kier molecular flexibility index (Phi) is 4.70. The van der Waals surface area contributed by atoms with Gasteiger partial charge in [0.2, 0.25) is 0 Å². The number of benzene rings is 3. The van der Waals surface area contributed by atoms with Crippen molar-refractivity contribution >= 4 is 27.4 Å². The Labute approximate surface area is 183 Å². The molecule has 4 aromatic rings. The molecule has 4 nitrogen and oxygen atoms in total. The van der Waals surface area contributed by atoms with Crippen LogP contribution in [0.3, 0.4) is 0 Å². The first-order chi connectivity index (χ1) is 14.8. The molecular formula is C25H17BrN4. The molecule has 0 spiro atoms. The second-order valence-corrected chi connectivity index (χ2v) is 8.02. The Morgan fingerprint density at radius 2 is 1.47 bits per heavy atom. The highest BCUT2D eigenvalue weighted by molar-refractivity contribution is 9.10. The standard InChI is InChI=1S/C25H17BrN4/c26-19-13-11-16(12-14-19)21-20(15-27)23(17-7-3-1-4-8-17)28-25-22(21)24(29-30-25)18-9-5-2-6-10-18/h1-14,21H,(H2,28,29,30). The molecule has 0 radical (unpaired) electrons. The third-order valence-electron chi connectivity index (χ3n) is 5.34. The lowest BCUT2D eigenvalue weighted by Gasteiger charge is -2.27. The fourth-order valence-corrected chi connectivity index (χ4v) is 4.23. The average Bonchev–Trinajstić information content (AvgIpc) is 3.23. The van der Waals surface area contributed by atoms with Crippen LogP contribution in [0.25, 0.3) is 17.0 Å². The molecule has 144 valence electrons. The van der Waals surface area contributed by atoms with Gasteiger partial charge in [0.1, 0.15) is 0 Å². The van der Waals surface area contributed by atoms with Crippen LogP contribution in [0.5, 0.6) is 0 Å². The molecule has 5 rings (SSSR count). The first kappa shape index (κ1) is 18.4. The Balaban J connectivity index is 1.77. The molecule has 30 heavy (non-hydrogen) atoms. The van der Waals surface area contributed by atoms with Crippen LogP contribution < -0.4 is 5.32 Å². The minimum absolute atomic E-state index is 0.233. The van der Waals surface area contributed by atoms with E-state index in [-0.39, 0.29) is 5.92 Å². The number of rotatable bonds is 3. The molecule has 0 amide bonds. The summed E-state index contributed by atoms with van der Waals surface area (Å²) >= 11 is 3.52. The molecule has 1 aliphatic heterocycles. The molecule has 3 aromatic carbocycles. The van der Waals surface area contributed by atoms with E-state index in [2.05, 4.69) is 61.8 Å². The third-order valence-corrected chi connectivity index (χ3v) is 5.87. The van der Waals surface area contributed by atoms with Crippen molar-refractivity contribution in [2.24, 2.45) is 0 Å². The number of nitrogens with one attached hydrogen (secondary N) is 2. The number of hydrogen-bond donors (Lipinski definition) is 2. The van der Waals surface area contributed by atoms with Gasteiger partial charge in [0.05, 0.1) is 29.0 Å². The number of nitrogens with zero attached hydrogens (tertiary/aromatic N) is 2.